The van der Waals surface area contributed by atoms with Gasteiger partial charge in [-0.15, -0.1) is 0 Å². The standard InChI is InChI=1S/C20H16N2O7S/c1-28-15-8-11(6-7-14(15)23)9-16-18(24)17(20(25)29-2)19(30-16)21-12-4-3-5-13(10-12)22(26)27/h3-10,23-24H,1-2H3. The Balaban J connectivity index is 2.05. The van der Waals surface area contributed by atoms with Crippen molar-refractivity contribution >= 4 is 40.2 Å². The molecule has 0 saturated heterocycles. The molecule has 2 N–H and O–H groups in total. The Morgan fingerprint density at radius 2 is 1.97 bits per heavy atom. The predicted octanol–water partition coefficient (Wildman–Crippen LogP) is 4.11. The second kappa shape index (κ2) is 8.70. The Kier molecular flexibility index (Phi) is 6.07. The normalized spacial score (nSPS) is 16.2. The Morgan fingerprint density at radius 1 is 1.20 bits per heavy atom. The predicted molar refractivity (Wildman–Crippen MR) is 112 cm³/mol. The molecule has 0 amide bonds. The van der Waals surface area contributed by atoms with Crippen LogP contribution in [0.4, 0.5) is 11.4 Å². The number of methoxy groups -OCH3 is 2. The third-order valence-corrected chi connectivity index (χ3v) is 5.07. The molecule has 0 fully saturated rings. The number of aromatic hydroxyl groups is 1. The van der Waals surface area contributed by atoms with E-state index in [4.69, 9.17) is 9.47 Å². The number of nitro groups is 1. The topological polar surface area (TPSA) is 131 Å². The van der Waals surface area contributed by atoms with E-state index < -0.39 is 10.9 Å². The average molecular weight is 428 g/mol. The van der Waals surface area contributed by atoms with E-state index in [9.17, 15) is 25.1 Å². The number of nitrogens with zero attached hydrogens (tertiary/aromatic N) is 2. The number of aliphatic hydroxyl groups is 1. The highest BCUT2D eigenvalue weighted by molar-refractivity contribution is 8.18. The number of rotatable bonds is 5. The molecule has 1 aliphatic rings. The number of carbonyl (C=O) groups is 1. The number of benzene rings is 2. The number of carbonyl (C=O) groups excluding carboxylic acids is 1. The average Bonchev–Trinajstić information content (AvgIpc) is 3.03. The number of phenolic OH excluding ortho intramolecular Hbond substituents is 1. The van der Waals surface area contributed by atoms with Gasteiger partial charge in [-0.05, 0) is 29.8 Å². The van der Waals surface area contributed by atoms with Gasteiger partial charge in [-0.2, -0.15) is 0 Å². The molecule has 0 bridgehead atoms. The minimum atomic E-state index is -0.795. The summed E-state index contributed by atoms with van der Waals surface area (Å²) in [5, 5.41) is 31.4. The number of aliphatic hydroxyl groups excluding tert-OH is 1. The first-order chi connectivity index (χ1) is 14.3. The number of nitro benzene ring substituents is 1. The van der Waals surface area contributed by atoms with Gasteiger partial charge in [0, 0.05) is 12.1 Å². The SMILES string of the molecule is COC(=O)C1=C(O)C(=Cc2ccc(O)c(OC)c2)SC1=Nc1cccc([N+](=O)[O-])c1. The Bertz CT molecular complexity index is 1120. The van der Waals surface area contributed by atoms with Gasteiger partial charge in [0.05, 0.1) is 29.7 Å². The van der Waals surface area contributed by atoms with Crippen molar-refractivity contribution in [3.8, 4) is 11.5 Å². The highest BCUT2D eigenvalue weighted by Crippen LogP contribution is 2.41. The third kappa shape index (κ3) is 4.28. The number of aliphatic imine (C=N–C) groups is 1. The molecule has 1 aliphatic heterocycles. The van der Waals surface area contributed by atoms with Crippen molar-refractivity contribution in [2.24, 2.45) is 4.99 Å². The molecule has 3 rings (SSSR count). The van der Waals surface area contributed by atoms with Crippen molar-refractivity contribution in [1.82, 2.24) is 0 Å². The lowest BCUT2D eigenvalue weighted by molar-refractivity contribution is -0.384. The minimum Gasteiger partial charge on any atom is -0.506 e. The number of ether oxygens (including phenoxy) is 2. The molecule has 0 spiro atoms. The van der Waals surface area contributed by atoms with E-state index in [0.29, 0.717) is 10.5 Å². The molecule has 0 saturated carbocycles. The highest BCUT2D eigenvalue weighted by Gasteiger charge is 2.33. The van der Waals surface area contributed by atoms with Gasteiger partial charge in [-0.3, -0.25) is 10.1 Å². The summed E-state index contributed by atoms with van der Waals surface area (Å²) in [6.45, 7) is 0. The van der Waals surface area contributed by atoms with Crippen LogP contribution in [-0.4, -0.2) is 40.4 Å². The van der Waals surface area contributed by atoms with Gasteiger partial charge in [0.2, 0.25) is 0 Å². The zero-order valence-corrected chi connectivity index (χ0v) is 16.7. The van der Waals surface area contributed by atoms with E-state index in [-0.39, 0.29) is 39.2 Å². The summed E-state index contributed by atoms with van der Waals surface area (Å²) < 4.78 is 9.82. The van der Waals surface area contributed by atoms with Crippen molar-refractivity contribution in [2.45, 2.75) is 0 Å². The van der Waals surface area contributed by atoms with Crippen LogP contribution in [-0.2, 0) is 9.53 Å². The second-order valence-corrected chi connectivity index (χ2v) is 6.98. The molecular formula is C20H16N2O7S. The summed E-state index contributed by atoms with van der Waals surface area (Å²) in [6.07, 6.45) is 1.58. The maximum atomic E-state index is 12.2. The van der Waals surface area contributed by atoms with Crippen molar-refractivity contribution in [1.29, 1.82) is 0 Å². The molecule has 0 atom stereocenters. The maximum absolute atomic E-state index is 12.2. The number of hydrogen-bond acceptors (Lipinski definition) is 9. The number of hydrogen-bond donors (Lipinski definition) is 2. The summed E-state index contributed by atoms with van der Waals surface area (Å²) in [6, 6.07) is 10.2. The van der Waals surface area contributed by atoms with Crippen molar-refractivity contribution in [3.05, 3.63) is 74.4 Å². The van der Waals surface area contributed by atoms with Crippen molar-refractivity contribution < 1.29 is 29.4 Å². The monoisotopic (exact) mass is 428 g/mol. The Morgan fingerprint density at radius 3 is 2.63 bits per heavy atom. The van der Waals surface area contributed by atoms with E-state index >= 15 is 0 Å². The van der Waals surface area contributed by atoms with E-state index in [2.05, 4.69) is 4.99 Å². The van der Waals surface area contributed by atoms with Crippen LogP contribution in [0.25, 0.3) is 6.08 Å². The van der Waals surface area contributed by atoms with Gasteiger partial charge in [-0.1, -0.05) is 23.9 Å². The quantitative estimate of drug-likeness (QED) is 0.413. The minimum absolute atomic E-state index is 0.0401. The molecule has 10 heteroatoms. The van der Waals surface area contributed by atoms with Gasteiger partial charge in [0.1, 0.15) is 16.4 Å². The summed E-state index contributed by atoms with van der Waals surface area (Å²) in [5.74, 6) is -0.921. The number of phenols is 1. The first-order valence-electron chi connectivity index (χ1n) is 8.46. The lowest BCUT2D eigenvalue weighted by Gasteiger charge is -2.04. The summed E-state index contributed by atoms with van der Waals surface area (Å²) in [4.78, 5) is 27.3. The fourth-order valence-electron chi connectivity index (χ4n) is 2.62. The molecular weight excluding hydrogens is 412 g/mol. The fourth-order valence-corrected chi connectivity index (χ4v) is 3.65. The zero-order valence-electron chi connectivity index (χ0n) is 15.9. The van der Waals surface area contributed by atoms with Crippen LogP contribution in [0.3, 0.4) is 0 Å². The number of esters is 1. The van der Waals surface area contributed by atoms with Crippen LogP contribution in [0, 0.1) is 10.1 Å². The van der Waals surface area contributed by atoms with E-state index in [1.807, 2.05) is 0 Å². The van der Waals surface area contributed by atoms with Crippen LogP contribution in [0.15, 0.2) is 63.7 Å². The van der Waals surface area contributed by atoms with Gasteiger partial charge < -0.3 is 19.7 Å². The second-order valence-electron chi connectivity index (χ2n) is 5.95. The molecule has 154 valence electrons. The first kappa shape index (κ1) is 20.9. The summed E-state index contributed by atoms with van der Waals surface area (Å²) in [5.41, 5.74) is 0.540. The molecule has 9 nitrogen and oxygen atoms in total. The number of thioether (sulfide) groups is 1. The zero-order chi connectivity index (χ0) is 21.8. The van der Waals surface area contributed by atoms with E-state index in [0.717, 1.165) is 11.8 Å². The Labute approximate surface area is 175 Å². The lowest BCUT2D eigenvalue weighted by atomic mass is 10.1. The van der Waals surface area contributed by atoms with Crippen molar-refractivity contribution in [2.75, 3.05) is 14.2 Å². The van der Waals surface area contributed by atoms with Gasteiger partial charge >= 0.3 is 5.97 Å². The van der Waals surface area contributed by atoms with E-state index in [1.54, 1.807) is 24.3 Å². The fraction of sp³-hybridized carbons (Fsp3) is 0.100. The molecule has 0 aliphatic carbocycles. The first-order valence-corrected chi connectivity index (χ1v) is 9.27. The summed E-state index contributed by atoms with van der Waals surface area (Å²) >= 11 is 1.01. The molecule has 0 aromatic heterocycles. The maximum Gasteiger partial charge on any atom is 0.344 e. The molecule has 2 aromatic rings. The molecule has 30 heavy (non-hydrogen) atoms. The van der Waals surface area contributed by atoms with Crippen LogP contribution < -0.4 is 4.74 Å². The smallest absolute Gasteiger partial charge is 0.344 e. The van der Waals surface area contributed by atoms with Crippen LogP contribution >= 0.6 is 11.8 Å². The lowest BCUT2D eigenvalue weighted by Crippen LogP contribution is -2.10. The van der Waals surface area contributed by atoms with E-state index in [1.165, 1.54) is 38.5 Å². The Hall–Kier alpha value is -3.79. The summed E-state index contributed by atoms with van der Waals surface area (Å²) in [7, 11) is 2.58. The molecule has 0 unspecified atom stereocenters. The third-order valence-electron chi connectivity index (χ3n) is 4.05. The van der Waals surface area contributed by atoms with Crippen molar-refractivity contribution in [3.63, 3.8) is 0 Å². The van der Waals surface area contributed by atoms with Gasteiger partial charge in [-0.25, -0.2) is 9.79 Å². The molecule has 2 aromatic carbocycles. The van der Waals surface area contributed by atoms with Crippen LogP contribution in [0.5, 0.6) is 11.5 Å². The van der Waals surface area contributed by atoms with Gasteiger partial charge in [0.15, 0.2) is 11.5 Å². The largest absolute Gasteiger partial charge is 0.506 e. The highest BCUT2D eigenvalue weighted by atomic mass is 32.2. The van der Waals surface area contributed by atoms with Crippen LogP contribution in [0.1, 0.15) is 5.56 Å². The molecule has 0 radical (unpaired) electrons. The van der Waals surface area contributed by atoms with Gasteiger partial charge in [0.25, 0.3) is 5.69 Å². The number of non-ortho nitro benzene ring substituents is 1. The van der Waals surface area contributed by atoms with Crippen LogP contribution in [0.2, 0.25) is 0 Å². The molecule has 1 heterocycles.